The molecule has 0 aliphatic rings. The van der Waals surface area contributed by atoms with Crippen molar-refractivity contribution < 1.29 is 23.4 Å². The van der Waals surface area contributed by atoms with Crippen LogP contribution >= 0.6 is 0 Å². The molecule has 1 N–H and O–H groups in total. The predicted molar refractivity (Wildman–Crippen MR) is 54.0 cm³/mol. The van der Waals surface area contributed by atoms with E-state index >= 15 is 0 Å². The molecule has 88 valence electrons. The lowest BCUT2D eigenvalue weighted by Crippen LogP contribution is -2.14. The summed E-state index contributed by atoms with van der Waals surface area (Å²) in [5.41, 5.74) is 0.304. The second-order valence-corrected chi connectivity index (χ2v) is 3.31. The number of rotatable bonds is 5. The standard InChI is InChI=1S/C11H12F2O3/c1-16-8-4-2-7(3-5-8)9(11(12)13)6-10(14)15/h2-5,9,11H,6H2,1H3,(H,14,15). The molecule has 0 saturated heterocycles. The molecule has 0 amide bonds. The van der Waals surface area contributed by atoms with Gasteiger partial charge in [-0.05, 0) is 17.7 Å². The average molecular weight is 230 g/mol. The molecule has 0 spiro atoms. The minimum Gasteiger partial charge on any atom is -0.497 e. The molecule has 1 aromatic rings. The van der Waals surface area contributed by atoms with Crippen molar-refractivity contribution in [3.8, 4) is 5.75 Å². The van der Waals surface area contributed by atoms with E-state index in [0.29, 0.717) is 11.3 Å². The molecule has 0 heterocycles. The van der Waals surface area contributed by atoms with Crippen molar-refractivity contribution in [3.05, 3.63) is 29.8 Å². The van der Waals surface area contributed by atoms with Crippen molar-refractivity contribution in [3.63, 3.8) is 0 Å². The van der Waals surface area contributed by atoms with Crippen LogP contribution in [-0.4, -0.2) is 24.6 Å². The van der Waals surface area contributed by atoms with Gasteiger partial charge < -0.3 is 9.84 Å². The lowest BCUT2D eigenvalue weighted by molar-refractivity contribution is -0.138. The third kappa shape index (κ3) is 3.18. The molecule has 1 atom stereocenters. The van der Waals surface area contributed by atoms with Crippen molar-refractivity contribution in [1.29, 1.82) is 0 Å². The van der Waals surface area contributed by atoms with Crippen LogP contribution in [0.15, 0.2) is 24.3 Å². The number of halogens is 2. The number of hydrogen-bond acceptors (Lipinski definition) is 2. The Morgan fingerprint density at radius 3 is 2.31 bits per heavy atom. The minimum atomic E-state index is -2.69. The quantitative estimate of drug-likeness (QED) is 0.845. The van der Waals surface area contributed by atoms with Crippen LogP contribution in [0, 0.1) is 0 Å². The highest BCUT2D eigenvalue weighted by atomic mass is 19.3. The topological polar surface area (TPSA) is 46.5 Å². The molecule has 0 bridgehead atoms. The van der Waals surface area contributed by atoms with E-state index in [-0.39, 0.29) is 0 Å². The fourth-order valence-electron chi connectivity index (χ4n) is 1.39. The lowest BCUT2D eigenvalue weighted by atomic mass is 9.96. The highest BCUT2D eigenvalue weighted by Crippen LogP contribution is 2.28. The number of aliphatic carboxylic acids is 1. The zero-order valence-electron chi connectivity index (χ0n) is 8.69. The molecule has 1 unspecified atom stereocenters. The summed E-state index contributed by atoms with van der Waals surface area (Å²) >= 11 is 0. The van der Waals surface area contributed by atoms with E-state index in [2.05, 4.69) is 0 Å². The molecule has 0 saturated carbocycles. The van der Waals surface area contributed by atoms with Gasteiger partial charge in [0.15, 0.2) is 0 Å². The number of alkyl halides is 2. The summed E-state index contributed by atoms with van der Waals surface area (Å²) in [6.07, 6.45) is -3.27. The first-order valence-corrected chi connectivity index (χ1v) is 4.68. The van der Waals surface area contributed by atoms with Crippen LogP contribution in [0.3, 0.4) is 0 Å². The average Bonchev–Trinajstić information content (AvgIpc) is 2.25. The molecule has 0 aromatic heterocycles. The Balaban J connectivity index is 2.88. The summed E-state index contributed by atoms with van der Waals surface area (Å²) in [5.74, 6) is -1.96. The van der Waals surface area contributed by atoms with Crippen LogP contribution in [0.4, 0.5) is 8.78 Å². The molecule has 3 nitrogen and oxygen atoms in total. The van der Waals surface area contributed by atoms with E-state index < -0.39 is 24.7 Å². The van der Waals surface area contributed by atoms with Crippen LogP contribution in [0.5, 0.6) is 5.75 Å². The van der Waals surface area contributed by atoms with Crippen LogP contribution in [-0.2, 0) is 4.79 Å². The lowest BCUT2D eigenvalue weighted by Gasteiger charge is -2.14. The summed E-state index contributed by atoms with van der Waals surface area (Å²) in [6.45, 7) is 0. The van der Waals surface area contributed by atoms with Gasteiger partial charge >= 0.3 is 5.97 Å². The van der Waals surface area contributed by atoms with Gasteiger partial charge in [-0.3, -0.25) is 4.79 Å². The smallest absolute Gasteiger partial charge is 0.304 e. The molecular formula is C11H12F2O3. The zero-order valence-corrected chi connectivity index (χ0v) is 8.69. The number of ether oxygens (including phenoxy) is 1. The van der Waals surface area contributed by atoms with Crippen LogP contribution in [0.2, 0.25) is 0 Å². The Bertz CT molecular complexity index is 349. The van der Waals surface area contributed by atoms with Crippen LogP contribution in [0.1, 0.15) is 17.9 Å². The van der Waals surface area contributed by atoms with Gasteiger partial charge in [0.05, 0.1) is 19.4 Å². The van der Waals surface area contributed by atoms with E-state index in [1.54, 1.807) is 0 Å². The second kappa shape index (κ2) is 5.44. The second-order valence-electron chi connectivity index (χ2n) is 3.31. The first kappa shape index (κ1) is 12.4. The highest BCUT2D eigenvalue weighted by Gasteiger charge is 2.25. The van der Waals surface area contributed by atoms with Crippen molar-refractivity contribution in [2.75, 3.05) is 7.11 Å². The maximum absolute atomic E-state index is 12.6. The van der Waals surface area contributed by atoms with Gasteiger partial charge in [-0.1, -0.05) is 12.1 Å². The monoisotopic (exact) mass is 230 g/mol. The Morgan fingerprint density at radius 1 is 1.38 bits per heavy atom. The predicted octanol–water partition coefficient (Wildman–Crippen LogP) is 2.52. The SMILES string of the molecule is COc1ccc(C(CC(=O)O)C(F)F)cc1. The summed E-state index contributed by atoms with van der Waals surface area (Å²) in [6, 6.07) is 5.98. The van der Waals surface area contributed by atoms with Crippen molar-refractivity contribution >= 4 is 5.97 Å². The number of hydrogen-bond donors (Lipinski definition) is 1. The van der Waals surface area contributed by atoms with Crippen LogP contribution in [0.25, 0.3) is 0 Å². The Hall–Kier alpha value is -1.65. The van der Waals surface area contributed by atoms with Crippen LogP contribution < -0.4 is 4.74 Å². The van der Waals surface area contributed by atoms with Gasteiger partial charge in [-0.25, -0.2) is 8.78 Å². The minimum absolute atomic E-state index is 0.304. The molecule has 5 heteroatoms. The maximum atomic E-state index is 12.6. The molecule has 0 fully saturated rings. The van der Waals surface area contributed by atoms with Gasteiger partial charge in [0.2, 0.25) is 6.43 Å². The first-order valence-electron chi connectivity index (χ1n) is 4.68. The van der Waals surface area contributed by atoms with Crippen molar-refractivity contribution in [1.82, 2.24) is 0 Å². The van der Waals surface area contributed by atoms with Gasteiger partial charge in [0.25, 0.3) is 0 Å². The number of benzene rings is 1. The van der Waals surface area contributed by atoms with Gasteiger partial charge in [0, 0.05) is 0 Å². The summed E-state index contributed by atoms with van der Waals surface area (Å²) in [5, 5.41) is 8.54. The molecule has 1 rings (SSSR count). The zero-order chi connectivity index (χ0) is 12.1. The highest BCUT2D eigenvalue weighted by molar-refractivity contribution is 5.68. The van der Waals surface area contributed by atoms with E-state index in [4.69, 9.17) is 9.84 Å². The van der Waals surface area contributed by atoms with Gasteiger partial charge in [-0.15, -0.1) is 0 Å². The molecule has 0 aliphatic heterocycles. The third-order valence-corrected chi connectivity index (χ3v) is 2.24. The van der Waals surface area contributed by atoms with E-state index in [9.17, 15) is 13.6 Å². The molecule has 0 radical (unpaired) electrons. The molecular weight excluding hydrogens is 218 g/mol. The Morgan fingerprint density at radius 2 is 1.94 bits per heavy atom. The largest absolute Gasteiger partial charge is 0.497 e. The Kier molecular flexibility index (Phi) is 4.22. The summed E-state index contributed by atoms with van der Waals surface area (Å²) < 4.78 is 30.2. The van der Waals surface area contributed by atoms with Gasteiger partial charge in [0.1, 0.15) is 5.75 Å². The normalized spacial score (nSPS) is 12.5. The van der Waals surface area contributed by atoms with Crippen molar-refractivity contribution in [2.45, 2.75) is 18.8 Å². The fourth-order valence-corrected chi connectivity index (χ4v) is 1.39. The molecule has 0 aliphatic carbocycles. The number of carbonyl (C=O) groups is 1. The van der Waals surface area contributed by atoms with E-state index in [1.165, 1.54) is 31.4 Å². The number of carboxylic acid groups (broad SMARTS) is 1. The number of methoxy groups -OCH3 is 1. The van der Waals surface area contributed by atoms with E-state index in [1.807, 2.05) is 0 Å². The number of carboxylic acids is 1. The summed E-state index contributed by atoms with van der Waals surface area (Å²) in [4.78, 5) is 10.5. The Labute approximate surface area is 91.7 Å². The molecule has 1 aromatic carbocycles. The third-order valence-electron chi connectivity index (χ3n) is 2.24. The maximum Gasteiger partial charge on any atom is 0.304 e. The summed E-state index contributed by atoms with van der Waals surface area (Å²) in [7, 11) is 1.47. The fraction of sp³-hybridized carbons (Fsp3) is 0.364. The molecule has 16 heavy (non-hydrogen) atoms. The van der Waals surface area contributed by atoms with E-state index in [0.717, 1.165) is 0 Å². The van der Waals surface area contributed by atoms with Crippen molar-refractivity contribution in [2.24, 2.45) is 0 Å². The first-order chi connectivity index (χ1) is 7.54. The van der Waals surface area contributed by atoms with Gasteiger partial charge in [-0.2, -0.15) is 0 Å².